The number of para-hydroxylation sites is 1. The second kappa shape index (κ2) is 9.78. The van der Waals surface area contributed by atoms with Gasteiger partial charge in [-0.3, -0.25) is 4.79 Å². The molecular weight excluding hydrogens is 400 g/mol. The first-order valence-corrected chi connectivity index (χ1v) is 9.96. The lowest BCUT2D eigenvalue weighted by Crippen LogP contribution is -2.47. The lowest BCUT2D eigenvalue weighted by molar-refractivity contribution is 0.0691. The summed E-state index contributed by atoms with van der Waals surface area (Å²) in [6, 6.07) is 19.9. The molecule has 4 rings (SSSR count). The van der Waals surface area contributed by atoms with Gasteiger partial charge in [-0.1, -0.05) is 18.2 Å². The van der Waals surface area contributed by atoms with Crippen molar-refractivity contribution in [3.05, 3.63) is 66.4 Å². The summed E-state index contributed by atoms with van der Waals surface area (Å²) in [5.74, 6) is 0.775. The Hall–Kier alpha value is -2.83. The van der Waals surface area contributed by atoms with Gasteiger partial charge in [0.25, 0.3) is 5.91 Å². The Morgan fingerprint density at radius 2 is 1.87 bits per heavy atom. The molecule has 2 heterocycles. The third-order valence-electron chi connectivity index (χ3n) is 5.43. The standard InChI is InChI=1S/C23H26N4O2.ClH/c1-24-18-7-6-14-26(16-18)23(28)21-15-22(17-10-12-20(29-2)13-11-17)27(25-21)19-8-4-3-5-9-19;/h3-5,8-13,15,18,24H,6-7,14,16H2,1-2H3;1H. The molecule has 1 aliphatic heterocycles. The van der Waals surface area contributed by atoms with Crippen LogP contribution in [0.3, 0.4) is 0 Å². The number of methoxy groups -OCH3 is 1. The number of amides is 1. The largest absolute Gasteiger partial charge is 0.497 e. The fourth-order valence-electron chi connectivity index (χ4n) is 3.78. The molecule has 1 unspecified atom stereocenters. The zero-order chi connectivity index (χ0) is 20.2. The van der Waals surface area contributed by atoms with Crippen molar-refractivity contribution in [2.75, 3.05) is 27.2 Å². The molecule has 1 saturated heterocycles. The molecule has 0 aliphatic carbocycles. The number of nitrogens with zero attached hydrogens (tertiary/aromatic N) is 3. The van der Waals surface area contributed by atoms with Crippen molar-refractivity contribution in [1.82, 2.24) is 20.0 Å². The average Bonchev–Trinajstić information content (AvgIpc) is 3.24. The first-order valence-electron chi connectivity index (χ1n) is 9.96. The highest BCUT2D eigenvalue weighted by Gasteiger charge is 2.26. The van der Waals surface area contributed by atoms with E-state index in [9.17, 15) is 4.79 Å². The number of likely N-dealkylation sites (N-methyl/N-ethyl adjacent to an activating group) is 1. The molecule has 1 atom stereocenters. The Kier molecular flexibility index (Phi) is 7.13. The number of aromatic nitrogens is 2. The number of benzene rings is 2. The Morgan fingerprint density at radius 3 is 2.53 bits per heavy atom. The van der Waals surface area contributed by atoms with Crippen LogP contribution >= 0.6 is 12.4 Å². The third-order valence-corrected chi connectivity index (χ3v) is 5.43. The number of hydrogen-bond donors (Lipinski definition) is 1. The number of rotatable bonds is 5. The molecule has 1 fully saturated rings. The van der Waals surface area contributed by atoms with Gasteiger partial charge in [0.2, 0.25) is 0 Å². The van der Waals surface area contributed by atoms with Gasteiger partial charge in [0, 0.05) is 24.7 Å². The highest BCUT2D eigenvalue weighted by molar-refractivity contribution is 5.93. The SMILES string of the molecule is CNC1CCCN(C(=O)c2cc(-c3ccc(OC)cc3)n(-c3ccccc3)n2)C1.Cl. The van der Waals surface area contributed by atoms with Crippen molar-refractivity contribution in [1.29, 1.82) is 0 Å². The van der Waals surface area contributed by atoms with E-state index in [2.05, 4.69) is 5.32 Å². The number of halogens is 1. The van der Waals surface area contributed by atoms with Crippen LogP contribution in [-0.2, 0) is 0 Å². The van der Waals surface area contributed by atoms with E-state index in [1.54, 1.807) is 7.11 Å². The quantitative estimate of drug-likeness (QED) is 0.674. The highest BCUT2D eigenvalue weighted by atomic mass is 35.5. The summed E-state index contributed by atoms with van der Waals surface area (Å²) in [6.07, 6.45) is 2.10. The summed E-state index contributed by atoms with van der Waals surface area (Å²) in [5, 5.41) is 7.99. The van der Waals surface area contributed by atoms with Crippen molar-refractivity contribution < 1.29 is 9.53 Å². The zero-order valence-corrected chi connectivity index (χ0v) is 18.1. The Balaban J connectivity index is 0.00000256. The Bertz CT molecular complexity index is 973. The minimum Gasteiger partial charge on any atom is -0.497 e. The van der Waals surface area contributed by atoms with Crippen LogP contribution in [-0.4, -0.2) is 53.9 Å². The van der Waals surface area contributed by atoms with Crippen LogP contribution in [0.25, 0.3) is 16.9 Å². The second-order valence-corrected chi connectivity index (χ2v) is 7.27. The number of carbonyl (C=O) groups is 1. The topological polar surface area (TPSA) is 59.4 Å². The zero-order valence-electron chi connectivity index (χ0n) is 17.2. The maximum Gasteiger partial charge on any atom is 0.274 e. The molecule has 1 aliphatic rings. The van der Waals surface area contributed by atoms with Crippen LogP contribution < -0.4 is 10.1 Å². The van der Waals surface area contributed by atoms with E-state index in [0.717, 1.165) is 42.1 Å². The van der Waals surface area contributed by atoms with Crippen LogP contribution in [0.4, 0.5) is 0 Å². The van der Waals surface area contributed by atoms with Gasteiger partial charge in [-0.15, -0.1) is 12.4 Å². The van der Waals surface area contributed by atoms with Crippen LogP contribution in [0.5, 0.6) is 5.75 Å². The van der Waals surface area contributed by atoms with Crippen molar-refractivity contribution in [3.63, 3.8) is 0 Å². The number of carbonyl (C=O) groups excluding carboxylic acids is 1. The molecule has 3 aromatic rings. The van der Waals surface area contributed by atoms with Crippen LogP contribution in [0, 0.1) is 0 Å². The number of likely N-dealkylation sites (tertiary alicyclic amines) is 1. The van der Waals surface area contributed by atoms with Crippen molar-refractivity contribution >= 4 is 18.3 Å². The van der Waals surface area contributed by atoms with Crippen LogP contribution in [0.15, 0.2) is 60.7 Å². The number of hydrogen-bond acceptors (Lipinski definition) is 4. The monoisotopic (exact) mass is 426 g/mol. The average molecular weight is 427 g/mol. The van der Waals surface area contributed by atoms with E-state index in [0.29, 0.717) is 18.3 Å². The number of nitrogens with one attached hydrogen (secondary N) is 1. The van der Waals surface area contributed by atoms with Gasteiger partial charge in [-0.05, 0) is 62.4 Å². The number of piperidine rings is 1. The predicted octanol–water partition coefficient (Wildman–Crippen LogP) is 3.79. The van der Waals surface area contributed by atoms with Crippen molar-refractivity contribution in [2.45, 2.75) is 18.9 Å². The summed E-state index contributed by atoms with van der Waals surface area (Å²) in [5.41, 5.74) is 3.25. The van der Waals surface area contributed by atoms with Gasteiger partial charge >= 0.3 is 0 Å². The molecule has 30 heavy (non-hydrogen) atoms. The van der Waals surface area contributed by atoms with E-state index >= 15 is 0 Å². The minimum atomic E-state index is -0.0191. The fourth-order valence-corrected chi connectivity index (χ4v) is 3.78. The molecule has 1 aromatic heterocycles. The summed E-state index contributed by atoms with van der Waals surface area (Å²) < 4.78 is 7.12. The summed E-state index contributed by atoms with van der Waals surface area (Å²) in [4.78, 5) is 15.1. The molecule has 1 N–H and O–H groups in total. The van der Waals surface area contributed by atoms with E-state index < -0.39 is 0 Å². The molecule has 158 valence electrons. The smallest absolute Gasteiger partial charge is 0.274 e. The maximum absolute atomic E-state index is 13.2. The van der Waals surface area contributed by atoms with E-state index in [1.165, 1.54) is 0 Å². The normalized spacial score (nSPS) is 16.1. The summed E-state index contributed by atoms with van der Waals surface area (Å²) in [7, 11) is 3.60. The first-order chi connectivity index (χ1) is 14.2. The Labute approximate surface area is 183 Å². The van der Waals surface area contributed by atoms with Gasteiger partial charge in [0.15, 0.2) is 5.69 Å². The molecule has 7 heteroatoms. The molecular formula is C23H27ClN4O2. The molecule has 6 nitrogen and oxygen atoms in total. The van der Waals surface area contributed by atoms with Crippen LogP contribution in [0.1, 0.15) is 23.3 Å². The molecule has 0 saturated carbocycles. The lowest BCUT2D eigenvalue weighted by Gasteiger charge is -2.32. The van der Waals surface area contributed by atoms with Gasteiger partial charge in [0.05, 0.1) is 18.5 Å². The summed E-state index contributed by atoms with van der Waals surface area (Å²) >= 11 is 0. The van der Waals surface area contributed by atoms with Crippen molar-refractivity contribution in [3.8, 4) is 22.7 Å². The summed E-state index contributed by atoms with van der Waals surface area (Å²) in [6.45, 7) is 1.48. The molecule has 0 radical (unpaired) electrons. The lowest BCUT2D eigenvalue weighted by atomic mass is 10.1. The fraction of sp³-hybridized carbons (Fsp3) is 0.304. The molecule has 0 spiro atoms. The minimum absolute atomic E-state index is 0. The van der Waals surface area contributed by atoms with E-state index in [1.807, 2.05) is 77.3 Å². The first kappa shape index (κ1) is 21.9. The van der Waals surface area contributed by atoms with Crippen LogP contribution in [0.2, 0.25) is 0 Å². The van der Waals surface area contributed by atoms with Gasteiger partial charge in [0.1, 0.15) is 5.75 Å². The van der Waals surface area contributed by atoms with Gasteiger partial charge in [-0.25, -0.2) is 4.68 Å². The molecule has 2 aromatic carbocycles. The van der Waals surface area contributed by atoms with E-state index in [4.69, 9.17) is 9.84 Å². The van der Waals surface area contributed by atoms with E-state index in [-0.39, 0.29) is 18.3 Å². The third kappa shape index (κ3) is 4.50. The number of ether oxygens (including phenoxy) is 1. The predicted molar refractivity (Wildman–Crippen MR) is 121 cm³/mol. The maximum atomic E-state index is 13.2. The second-order valence-electron chi connectivity index (χ2n) is 7.27. The highest BCUT2D eigenvalue weighted by Crippen LogP contribution is 2.27. The Morgan fingerprint density at radius 1 is 1.13 bits per heavy atom. The van der Waals surface area contributed by atoms with Crippen molar-refractivity contribution in [2.24, 2.45) is 0 Å². The van der Waals surface area contributed by atoms with Gasteiger partial charge in [-0.2, -0.15) is 5.10 Å². The van der Waals surface area contributed by atoms with Gasteiger partial charge < -0.3 is 15.0 Å². The molecule has 0 bridgehead atoms. The molecule has 1 amide bonds.